The quantitative estimate of drug-likeness (QED) is 0.896. The van der Waals surface area contributed by atoms with E-state index in [0.29, 0.717) is 16.6 Å². The monoisotopic (exact) mass is 317 g/mol. The SMILES string of the molecule is CNC(CS(=O)c1ccc(F)c(Cl)c1)C1CCCCC1. The fraction of sp³-hybridized carbons (Fsp3) is 0.600. The summed E-state index contributed by atoms with van der Waals surface area (Å²) in [6.45, 7) is 0. The van der Waals surface area contributed by atoms with Gasteiger partial charge in [-0.15, -0.1) is 0 Å². The van der Waals surface area contributed by atoms with Crippen molar-refractivity contribution in [1.29, 1.82) is 0 Å². The zero-order chi connectivity index (χ0) is 14.5. The van der Waals surface area contributed by atoms with Crippen LogP contribution in [0, 0.1) is 11.7 Å². The summed E-state index contributed by atoms with van der Waals surface area (Å²) in [6, 6.07) is 4.57. The summed E-state index contributed by atoms with van der Waals surface area (Å²) >= 11 is 5.75. The van der Waals surface area contributed by atoms with Gasteiger partial charge in [-0.25, -0.2) is 4.39 Å². The lowest BCUT2D eigenvalue weighted by Crippen LogP contribution is -2.39. The Kier molecular flexibility index (Phi) is 6.00. The molecule has 1 aliphatic rings. The number of benzene rings is 1. The van der Waals surface area contributed by atoms with Crippen LogP contribution >= 0.6 is 11.6 Å². The fourth-order valence-electron chi connectivity index (χ4n) is 2.87. The Balaban J connectivity index is 2.02. The molecular formula is C15H21ClFNOS. The molecule has 0 radical (unpaired) electrons. The van der Waals surface area contributed by atoms with Crippen LogP contribution in [0.4, 0.5) is 4.39 Å². The highest BCUT2D eigenvalue weighted by atomic mass is 35.5. The van der Waals surface area contributed by atoms with Crippen LogP contribution in [0.15, 0.2) is 23.1 Å². The zero-order valence-corrected chi connectivity index (χ0v) is 13.3. The van der Waals surface area contributed by atoms with Crippen LogP contribution in [0.2, 0.25) is 5.02 Å². The van der Waals surface area contributed by atoms with Crippen LogP contribution in [-0.4, -0.2) is 23.1 Å². The molecule has 20 heavy (non-hydrogen) atoms. The van der Waals surface area contributed by atoms with E-state index in [9.17, 15) is 8.60 Å². The Labute approximate surface area is 127 Å². The fourth-order valence-corrected chi connectivity index (χ4v) is 4.54. The number of hydrogen-bond donors (Lipinski definition) is 1. The lowest BCUT2D eigenvalue weighted by atomic mass is 9.84. The molecule has 2 nitrogen and oxygen atoms in total. The van der Waals surface area contributed by atoms with E-state index in [1.165, 1.54) is 44.2 Å². The van der Waals surface area contributed by atoms with Crippen molar-refractivity contribution in [3.63, 3.8) is 0 Å². The second-order valence-electron chi connectivity index (χ2n) is 5.38. The summed E-state index contributed by atoms with van der Waals surface area (Å²) in [5.74, 6) is 0.682. The molecule has 2 unspecified atom stereocenters. The largest absolute Gasteiger partial charge is 0.316 e. The van der Waals surface area contributed by atoms with Gasteiger partial charge in [0.25, 0.3) is 0 Å². The summed E-state index contributed by atoms with van der Waals surface area (Å²) in [4.78, 5) is 0.604. The van der Waals surface area contributed by atoms with Crippen molar-refractivity contribution >= 4 is 22.4 Å². The van der Waals surface area contributed by atoms with Crippen molar-refractivity contribution in [1.82, 2.24) is 5.32 Å². The maximum Gasteiger partial charge on any atom is 0.141 e. The van der Waals surface area contributed by atoms with Gasteiger partial charge < -0.3 is 5.32 Å². The van der Waals surface area contributed by atoms with Crippen molar-refractivity contribution in [2.24, 2.45) is 5.92 Å². The van der Waals surface area contributed by atoms with Crippen molar-refractivity contribution < 1.29 is 8.60 Å². The van der Waals surface area contributed by atoms with E-state index in [4.69, 9.17) is 11.6 Å². The molecule has 1 N–H and O–H groups in total. The van der Waals surface area contributed by atoms with Crippen molar-refractivity contribution in [3.05, 3.63) is 29.0 Å². The van der Waals surface area contributed by atoms with Gasteiger partial charge in [0, 0.05) is 16.7 Å². The molecule has 112 valence electrons. The molecule has 0 amide bonds. The van der Waals surface area contributed by atoms with E-state index in [1.807, 2.05) is 7.05 Å². The number of nitrogens with one attached hydrogen (secondary N) is 1. The highest BCUT2D eigenvalue weighted by molar-refractivity contribution is 7.85. The standard InChI is InChI=1S/C15H21ClFNOS/c1-18-15(11-5-3-2-4-6-11)10-20(19)12-7-8-14(17)13(16)9-12/h7-9,11,15,18H,2-6,10H2,1H3. The molecule has 0 aliphatic heterocycles. The minimum atomic E-state index is -1.15. The first kappa shape index (κ1) is 15.9. The summed E-state index contributed by atoms with van der Waals surface area (Å²) < 4.78 is 25.5. The van der Waals surface area contributed by atoms with Crippen LogP contribution in [0.1, 0.15) is 32.1 Å². The average molecular weight is 318 g/mol. The van der Waals surface area contributed by atoms with Crippen LogP contribution < -0.4 is 5.32 Å². The Morgan fingerprint density at radius 2 is 2.10 bits per heavy atom. The first-order valence-corrected chi connectivity index (χ1v) is 8.82. The second kappa shape index (κ2) is 7.53. The molecule has 1 aromatic rings. The van der Waals surface area contributed by atoms with Gasteiger partial charge in [0.15, 0.2) is 0 Å². The van der Waals surface area contributed by atoms with Crippen molar-refractivity contribution in [2.75, 3.05) is 12.8 Å². The Hall–Kier alpha value is -0.450. The molecule has 0 saturated heterocycles. The smallest absolute Gasteiger partial charge is 0.141 e. The van der Waals surface area contributed by atoms with Gasteiger partial charge in [-0.2, -0.15) is 0 Å². The number of halogens is 2. The van der Waals surface area contributed by atoms with Gasteiger partial charge in [0.05, 0.1) is 15.8 Å². The van der Waals surface area contributed by atoms with Gasteiger partial charge >= 0.3 is 0 Å². The zero-order valence-electron chi connectivity index (χ0n) is 11.7. The lowest BCUT2D eigenvalue weighted by Gasteiger charge is -2.29. The molecule has 0 bridgehead atoms. The summed E-state index contributed by atoms with van der Waals surface area (Å²) in [5.41, 5.74) is 0. The van der Waals surface area contributed by atoms with Crippen LogP contribution in [0.5, 0.6) is 0 Å². The van der Waals surface area contributed by atoms with Gasteiger partial charge in [-0.3, -0.25) is 4.21 Å². The highest BCUT2D eigenvalue weighted by Gasteiger charge is 2.24. The maximum atomic E-state index is 13.1. The second-order valence-corrected chi connectivity index (χ2v) is 7.28. The third-order valence-electron chi connectivity index (χ3n) is 4.07. The highest BCUT2D eigenvalue weighted by Crippen LogP contribution is 2.27. The van der Waals surface area contributed by atoms with E-state index in [0.717, 1.165) is 0 Å². The summed E-state index contributed by atoms with van der Waals surface area (Å²) in [5, 5.41) is 3.33. The first-order chi connectivity index (χ1) is 9.61. The van der Waals surface area contributed by atoms with Crippen LogP contribution in [0.3, 0.4) is 0 Å². The molecule has 1 saturated carbocycles. The van der Waals surface area contributed by atoms with Crippen molar-refractivity contribution in [3.8, 4) is 0 Å². The third kappa shape index (κ3) is 4.03. The molecule has 1 aromatic carbocycles. The summed E-state index contributed by atoms with van der Waals surface area (Å²) in [6.07, 6.45) is 6.24. The summed E-state index contributed by atoms with van der Waals surface area (Å²) in [7, 11) is 0.778. The molecule has 1 aliphatic carbocycles. The van der Waals surface area contributed by atoms with Gasteiger partial charge in [-0.1, -0.05) is 30.9 Å². The lowest BCUT2D eigenvalue weighted by molar-refractivity contribution is 0.294. The number of hydrogen-bond acceptors (Lipinski definition) is 2. The molecule has 0 aromatic heterocycles. The Morgan fingerprint density at radius 3 is 2.70 bits per heavy atom. The first-order valence-electron chi connectivity index (χ1n) is 7.12. The van der Waals surface area contributed by atoms with E-state index in [-0.39, 0.29) is 11.1 Å². The molecule has 1 fully saturated rings. The van der Waals surface area contributed by atoms with Gasteiger partial charge in [-0.05, 0) is 44.0 Å². The predicted molar refractivity (Wildman–Crippen MR) is 82.1 cm³/mol. The number of rotatable bonds is 5. The van der Waals surface area contributed by atoms with Gasteiger partial charge in [0.1, 0.15) is 5.82 Å². The van der Waals surface area contributed by atoms with Gasteiger partial charge in [0.2, 0.25) is 0 Å². The molecule has 2 rings (SSSR count). The minimum Gasteiger partial charge on any atom is -0.316 e. The molecule has 0 spiro atoms. The van der Waals surface area contributed by atoms with Crippen LogP contribution in [-0.2, 0) is 10.8 Å². The predicted octanol–water partition coefficient (Wildman–Crippen LogP) is 3.76. The normalized spacial score (nSPS) is 19.8. The van der Waals surface area contributed by atoms with Crippen LogP contribution in [0.25, 0.3) is 0 Å². The van der Waals surface area contributed by atoms with E-state index in [1.54, 1.807) is 6.07 Å². The Bertz CT molecular complexity index is 477. The van der Waals surface area contributed by atoms with Crippen molar-refractivity contribution in [2.45, 2.75) is 43.0 Å². The molecular weight excluding hydrogens is 297 g/mol. The van der Waals surface area contributed by atoms with E-state index >= 15 is 0 Å². The minimum absolute atomic E-state index is 0.0366. The average Bonchev–Trinajstić information content (AvgIpc) is 2.48. The van der Waals surface area contributed by atoms with E-state index < -0.39 is 16.6 Å². The third-order valence-corrected chi connectivity index (χ3v) is 5.81. The molecule has 2 atom stereocenters. The topological polar surface area (TPSA) is 29.1 Å². The maximum absolute atomic E-state index is 13.1. The Morgan fingerprint density at radius 1 is 1.40 bits per heavy atom. The molecule has 0 heterocycles. The van der Waals surface area contributed by atoms with E-state index in [2.05, 4.69) is 5.32 Å². The molecule has 5 heteroatoms.